The standard InChI is InChI=1S/C20H19N3O/c1-3-23(17-11-7-8-15(2)14-17)20(24)19-13-12-18(21-22-19)16-9-5-4-6-10-16/h4-14H,3H2,1-2H3. The minimum absolute atomic E-state index is 0.143. The van der Waals surface area contributed by atoms with E-state index in [-0.39, 0.29) is 5.91 Å². The summed E-state index contributed by atoms with van der Waals surface area (Å²) in [5, 5.41) is 8.33. The van der Waals surface area contributed by atoms with Gasteiger partial charge in [-0.2, -0.15) is 0 Å². The Morgan fingerprint density at radius 2 is 1.75 bits per heavy atom. The van der Waals surface area contributed by atoms with Gasteiger partial charge in [-0.3, -0.25) is 4.79 Å². The van der Waals surface area contributed by atoms with Crippen LogP contribution in [0.3, 0.4) is 0 Å². The predicted molar refractivity (Wildman–Crippen MR) is 96.0 cm³/mol. The maximum atomic E-state index is 12.8. The second kappa shape index (κ2) is 7.04. The largest absolute Gasteiger partial charge is 0.307 e. The first-order valence-corrected chi connectivity index (χ1v) is 7.96. The number of aryl methyl sites for hydroxylation is 1. The van der Waals surface area contributed by atoms with Gasteiger partial charge in [0.25, 0.3) is 5.91 Å². The van der Waals surface area contributed by atoms with Crippen LogP contribution in [-0.4, -0.2) is 22.6 Å². The normalized spacial score (nSPS) is 10.4. The van der Waals surface area contributed by atoms with Gasteiger partial charge in [-0.25, -0.2) is 0 Å². The minimum atomic E-state index is -0.143. The number of anilines is 1. The topological polar surface area (TPSA) is 46.1 Å². The van der Waals surface area contributed by atoms with Crippen molar-refractivity contribution in [1.29, 1.82) is 0 Å². The molecule has 0 radical (unpaired) electrons. The van der Waals surface area contributed by atoms with Gasteiger partial charge in [-0.05, 0) is 43.7 Å². The number of aromatic nitrogens is 2. The summed E-state index contributed by atoms with van der Waals surface area (Å²) in [6.07, 6.45) is 0. The molecule has 0 aliphatic carbocycles. The average molecular weight is 317 g/mol. The lowest BCUT2D eigenvalue weighted by Gasteiger charge is -2.20. The molecular weight excluding hydrogens is 298 g/mol. The van der Waals surface area contributed by atoms with Crippen molar-refractivity contribution in [1.82, 2.24) is 10.2 Å². The Morgan fingerprint density at radius 3 is 2.38 bits per heavy atom. The van der Waals surface area contributed by atoms with Gasteiger partial charge in [0.2, 0.25) is 0 Å². The van der Waals surface area contributed by atoms with Crippen LogP contribution in [0.4, 0.5) is 5.69 Å². The SMILES string of the molecule is CCN(C(=O)c1ccc(-c2ccccc2)nn1)c1cccc(C)c1. The van der Waals surface area contributed by atoms with Gasteiger partial charge in [-0.1, -0.05) is 42.5 Å². The lowest BCUT2D eigenvalue weighted by atomic mass is 10.1. The van der Waals surface area contributed by atoms with Crippen LogP contribution in [0.2, 0.25) is 0 Å². The molecule has 0 N–H and O–H groups in total. The van der Waals surface area contributed by atoms with Crippen molar-refractivity contribution in [3.63, 3.8) is 0 Å². The molecule has 0 saturated carbocycles. The second-order valence-corrected chi connectivity index (χ2v) is 5.56. The summed E-state index contributed by atoms with van der Waals surface area (Å²) in [6.45, 7) is 4.53. The zero-order chi connectivity index (χ0) is 16.9. The molecule has 0 spiro atoms. The quantitative estimate of drug-likeness (QED) is 0.727. The highest BCUT2D eigenvalue weighted by Crippen LogP contribution is 2.19. The summed E-state index contributed by atoms with van der Waals surface area (Å²) >= 11 is 0. The van der Waals surface area contributed by atoms with Crippen molar-refractivity contribution < 1.29 is 4.79 Å². The van der Waals surface area contributed by atoms with E-state index in [0.717, 1.165) is 22.5 Å². The van der Waals surface area contributed by atoms with E-state index in [1.165, 1.54) is 0 Å². The number of benzene rings is 2. The van der Waals surface area contributed by atoms with Crippen molar-refractivity contribution in [3.05, 3.63) is 78.0 Å². The molecule has 0 atom stereocenters. The van der Waals surface area contributed by atoms with E-state index in [2.05, 4.69) is 10.2 Å². The summed E-state index contributed by atoms with van der Waals surface area (Å²) in [5.41, 5.74) is 4.07. The number of hydrogen-bond donors (Lipinski definition) is 0. The first kappa shape index (κ1) is 15.9. The molecule has 1 amide bonds. The van der Waals surface area contributed by atoms with Gasteiger partial charge in [0.15, 0.2) is 5.69 Å². The number of carbonyl (C=O) groups excluding carboxylic acids is 1. The molecule has 120 valence electrons. The Balaban J connectivity index is 1.86. The summed E-state index contributed by atoms with van der Waals surface area (Å²) < 4.78 is 0. The van der Waals surface area contributed by atoms with Crippen molar-refractivity contribution >= 4 is 11.6 Å². The van der Waals surface area contributed by atoms with E-state index in [1.807, 2.05) is 74.5 Å². The van der Waals surface area contributed by atoms with E-state index in [9.17, 15) is 4.79 Å². The second-order valence-electron chi connectivity index (χ2n) is 5.56. The van der Waals surface area contributed by atoms with E-state index >= 15 is 0 Å². The lowest BCUT2D eigenvalue weighted by Crippen LogP contribution is -2.31. The molecular formula is C20H19N3O. The van der Waals surface area contributed by atoms with E-state index in [1.54, 1.807) is 11.0 Å². The van der Waals surface area contributed by atoms with Crippen LogP contribution in [0, 0.1) is 6.92 Å². The molecule has 0 aliphatic rings. The Bertz CT molecular complexity index is 829. The maximum absolute atomic E-state index is 12.8. The number of hydrogen-bond acceptors (Lipinski definition) is 3. The van der Waals surface area contributed by atoms with E-state index in [0.29, 0.717) is 12.2 Å². The molecule has 0 fully saturated rings. The Hall–Kier alpha value is -3.01. The molecule has 0 bridgehead atoms. The molecule has 0 aliphatic heterocycles. The van der Waals surface area contributed by atoms with Crippen LogP contribution in [0.15, 0.2) is 66.7 Å². The zero-order valence-corrected chi connectivity index (χ0v) is 13.8. The van der Waals surface area contributed by atoms with E-state index < -0.39 is 0 Å². The highest BCUT2D eigenvalue weighted by atomic mass is 16.2. The third-order valence-corrected chi connectivity index (χ3v) is 3.83. The molecule has 3 rings (SSSR count). The van der Waals surface area contributed by atoms with Crippen molar-refractivity contribution in [2.75, 3.05) is 11.4 Å². The number of carbonyl (C=O) groups is 1. The van der Waals surface area contributed by atoms with Crippen LogP contribution in [0.25, 0.3) is 11.3 Å². The first-order valence-electron chi connectivity index (χ1n) is 7.96. The minimum Gasteiger partial charge on any atom is -0.307 e. The van der Waals surface area contributed by atoms with Gasteiger partial charge >= 0.3 is 0 Å². The summed E-state index contributed by atoms with van der Waals surface area (Å²) in [5.74, 6) is -0.143. The third kappa shape index (κ3) is 3.33. The fourth-order valence-electron chi connectivity index (χ4n) is 2.59. The van der Waals surface area contributed by atoms with Crippen LogP contribution < -0.4 is 4.90 Å². The molecule has 0 saturated heterocycles. The molecule has 4 heteroatoms. The van der Waals surface area contributed by atoms with Crippen molar-refractivity contribution in [2.24, 2.45) is 0 Å². The third-order valence-electron chi connectivity index (χ3n) is 3.83. The molecule has 1 aromatic heterocycles. The van der Waals surface area contributed by atoms with Gasteiger partial charge in [0, 0.05) is 17.8 Å². The highest BCUT2D eigenvalue weighted by Gasteiger charge is 2.18. The number of nitrogens with zero attached hydrogens (tertiary/aromatic N) is 3. The molecule has 0 unspecified atom stereocenters. The first-order chi connectivity index (χ1) is 11.7. The smallest absolute Gasteiger partial charge is 0.278 e. The van der Waals surface area contributed by atoms with Crippen molar-refractivity contribution in [2.45, 2.75) is 13.8 Å². The summed E-state index contributed by atoms with van der Waals surface area (Å²) in [4.78, 5) is 14.5. The fourth-order valence-corrected chi connectivity index (χ4v) is 2.59. The van der Waals surface area contributed by atoms with Crippen LogP contribution in [-0.2, 0) is 0 Å². The van der Waals surface area contributed by atoms with E-state index in [4.69, 9.17) is 0 Å². The predicted octanol–water partition coefficient (Wildman–Crippen LogP) is 4.12. The molecule has 4 nitrogen and oxygen atoms in total. The average Bonchev–Trinajstić information content (AvgIpc) is 2.63. The number of rotatable bonds is 4. The maximum Gasteiger partial charge on any atom is 0.278 e. The Labute approximate surface area is 141 Å². The number of amides is 1. The fraction of sp³-hybridized carbons (Fsp3) is 0.150. The molecule has 24 heavy (non-hydrogen) atoms. The van der Waals surface area contributed by atoms with Crippen LogP contribution >= 0.6 is 0 Å². The Kier molecular flexibility index (Phi) is 4.66. The van der Waals surface area contributed by atoms with Crippen LogP contribution in [0.1, 0.15) is 23.0 Å². The van der Waals surface area contributed by atoms with Crippen LogP contribution in [0.5, 0.6) is 0 Å². The highest BCUT2D eigenvalue weighted by molar-refractivity contribution is 6.04. The van der Waals surface area contributed by atoms with Gasteiger partial charge < -0.3 is 4.90 Å². The van der Waals surface area contributed by atoms with Gasteiger partial charge in [0.1, 0.15) is 0 Å². The summed E-state index contributed by atoms with van der Waals surface area (Å²) in [7, 11) is 0. The van der Waals surface area contributed by atoms with Crippen molar-refractivity contribution in [3.8, 4) is 11.3 Å². The summed E-state index contributed by atoms with van der Waals surface area (Å²) in [6, 6.07) is 21.2. The van der Waals surface area contributed by atoms with Gasteiger partial charge in [0.05, 0.1) is 5.69 Å². The van der Waals surface area contributed by atoms with Gasteiger partial charge in [-0.15, -0.1) is 10.2 Å². The molecule has 3 aromatic rings. The molecule has 2 aromatic carbocycles. The molecule has 1 heterocycles. The Morgan fingerprint density at radius 1 is 0.958 bits per heavy atom. The zero-order valence-electron chi connectivity index (χ0n) is 13.8. The monoisotopic (exact) mass is 317 g/mol. The lowest BCUT2D eigenvalue weighted by molar-refractivity contribution is 0.0982.